The minimum Gasteiger partial charge on any atom is -0.455 e. The Labute approximate surface area is 122 Å². The molecule has 3 N–H and O–H groups in total. The van der Waals surface area contributed by atoms with Gasteiger partial charge in [0.1, 0.15) is 5.75 Å². The van der Waals surface area contributed by atoms with Crippen LogP contribution in [-0.2, 0) is 4.79 Å². The number of para-hydroxylation sites is 1. The van der Waals surface area contributed by atoms with E-state index < -0.39 is 5.91 Å². The summed E-state index contributed by atoms with van der Waals surface area (Å²) in [7, 11) is 0. The maximum atomic E-state index is 11.5. The highest BCUT2D eigenvalue weighted by atomic mass is 16.5. The van der Waals surface area contributed by atoms with Gasteiger partial charge in [-0.2, -0.15) is 0 Å². The fourth-order valence-corrected chi connectivity index (χ4v) is 1.86. The van der Waals surface area contributed by atoms with Crippen molar-refractivity contribution in [3.8, 4) is 11.5 Å². The molecule has 0 saturated heterocycles. The summed E-state index contributed by atoms with van der Waals surface area (Å²) >= 11 is 0. The molecule has 0 aliphatic rings. The van der Waals surface area contributed by atoms with Gasteiger partial charge in [-0.3, -0.25) is 9.59 Å². The van der Waals surface area contributed by atoms with Crippen LogP contribution in [-0.4, -0.2) is 11.8 Å². The zero-order valence-corrected chi connectivity index (χ0v) is 11.8. The van der Waals surface area contributed by atoms with Gasteiger partial charge in [0.2, 0.25) is 5.91 Å². The lowest BCUT2D eigenvalue weighted by Crippen LogP contribution is -2.17. The zero-order chi connectivity index (χ0) is 15.4. The van der Waals surface area contributed by atoms with E-state index in [4.69, 9.17) is 10.5 Å². The fourth-order valence-electron chi connectivity index (χ4n) is 1.86. The lowest BCUT2D eigenvalue weighted by Gasteiger charge is -2.14. The monoisotopic (exact) mass is 284 g/mol. The molecule has 2 amide bonds. The molecule has 0 spiro atoms. The summed E-state index contributed by atoms with van der Waals surface area (Å²) in [5, 5.41) is 2.59. The average Bonchev–Trinajstić information content (AvgIpc) is 2.42. The van der Waals surface area contributed by atoms with Crippen molar-refractivity contribution in [1.29, 1.82) is 0 Å². The quantitative estimate of drug-likeness (QED) is 0.905. The first-order chi connectivity index (χ1) is 9.97. The number of rotatable bonds is 4. The van der Waals surface area contributed by atoms with Crippen molar-refractivity contribution >= 4 is 17.5 Å². The van der Waals surface area contributed by atoms with Crippen LogP contribution in [0.2, 0.25) is 0 Å². The molecule has 0 aromatic heterocycles. The molecule has 0 bridgehead atoms. The highest BCUT2D eigenvalue weighted by molar-refractivity contribution is 6.04. The molecule has 21 heavy (non-hydrogen) atoms. The zero-order valence-electron chi connectivity index (χ0n) is 11.8. The molecule has 2 rings (SSSR count). The van der Waals surface area contributed by atoms with Gasteiger partial charge in [0, 0.05) is 6.92 Å². The van der Waals surface area contributed by atoms with Gasteiger partial charge in [-0.25, -0.2) is 0 Å². The van der Waals surface area contributed by atoms with Gasteiger partial charge >= 0.3 is 0 Å². The third-order valence-corrected chi connectivity index (χ3v) is 2.84. The van der Waals surface area contributed by atoms with Gasteiger partial charge in [0.15, 0.2) is 5.75 Å². The Morgan fingerprint density at radius 1 is 1.10 bits per heavy atom. The summed E-state index contributed by atoms with van der Waals surface area (Å²) in [5.74, 6) is 0.0322. The van der Waals surface area contributed by atoms with Crippen molar-refractivity contribution in [2.24, 2.45) is 5.73 Å². The van der Waals surface area contributed by atoms with Crippen LogP contribution in [0.25, 0.3) is 0 Å². The minimum atomic E-state index is -0.631. The van der Waals surface area contributed by atoms with E-state index in [1.807, 2.05) is 31.2 Å². The van der Waals surface area contributed by atoms with Crippen LogP contribution >= 0.6 is 0 Å². The van der Waals surface area contributed by atoms with Crippen LogP contribution < -0.4 is 15.8 Å². The number of benzene rings is 2. The molecule has 0 radical (unpaired) electrons. The Hall–Kier alpha value is -2.82. The van der Waals surface area contributed by atoms with E-state index in [2.05, 4.69) is 5.32 Å². The molecular formula is C16H16N2O3. The van der Waals surface area contributed by atoms with E-state index in [9.17, 15) is 9.59 Å². The third-order valence-electron chi connectivity index (χ3n) is 2.84. The number of carbonyl (C=O) groups is 2. The third kappa shape index (κ3) is 3.60. The maximum Gasteiger partial charge on any atom is 0.250 e. The van der Waals surface area contributed by atoms with Gasteiger partial charge in [-0.15, -0.1) is 0 Å². The number of nitrogens with one attached hydrogen (secondary N) is 1. The Kier molecular flexibility index (Phi) is 4.23. The summed E-state index contributed by atoms with van der Waals surface area (Å²) in [5.41, 5.74) is 6.91. The van der Waals surface area contributed by atoms with Gasteiger partial charge in [-0.05, 0) is 31.2 Å². The number of anilines is 1. The van der Waals surface area contributed by atoms with Crippen LogP contribution in [0.1, 0.15) is 22.8 Å². The van der Waals surface area contributed by atoms with Gasteiger partial charge in [-0.1, -0.05) is 23.8 Å². The standard InChI is InChI=1S/C16H16N2O3/c1-10-6-8-12(9-7-10)21-14-5-3-4-13(16(17)20)15(14)18-11(2)19/h3-9H,1-2H3,(H2,17,20)(H,18,19). The Morgan fingerprint density at radius 3 is 2.33 bits per heavy atom. The van der Waals surface area contributed by atoms with E-state index in [0.717, 1.165) is 5.56 Å². The molecule has 2 aromatic carbocycles. The molecular weight excluding hydrogens is 268 g/mol. The van der Waals surface area contributed by atoms with E-state index in [1.165, 1.54) is 13.0 Å². The van der Waals surface area contributed by atoms with Crippen molar-refractivity contribution in [2.75, 3.05) is 5.32 Å². The molecule has 0 heterocycles. The number of amides is 2. The normalized spacial score (nSPS) is 10.0. The first kappa shape index (κ1) is 14.6. The van der Waals surface area contributed by atoms with Crippen molar-refractivity contribution in [3.63, 3.8) is 0 Å². The molecule has 0 aliphatic heterocycles. The van der Waals surface area contributed by atoms with Crippen molar-refractivity contribution in [2.45, 2.75) is 13.8 Å². The van der Waals surface area contributed by atoms with E-state index >= 15 is 0 Å². The molecule has 0 atom stereocenters. The summed E-state index contributed by atoms with van der Waals surface area (Å²) < 4.78 is 5.73. The maximum absolute atomic E-state index is 11.5. The molecule has 0 fully saturated rings. The Morgan fingerprint density at radius 2 is 1.76 bits per heavy atom. The molecule has 108 valence electrons. The number of aryl methyl sites for hydroxylation is 1. The Balaban J connectivity index is 2.42. The van der Waals surface area contributed by atoms with Gasteiger partial charge in [0.25, 0.3) is 5.91 Å². The fraction of sp³-hybridized carbons (Fsp3) is 0.125. The number of ether oxygens (including phenoxy) is 1. The predicted molar refractivity (Wildman–Crippen MR) is 80.5 cm³/mol. The molecule has 0 saturated carbocycles. The van der Waals surface area contributed by atoms with E-state index in [0.29, 0.717) is 11.5 Å². The number of hydrogen-bond donors (Lipinski definition) is 2. The van der Waals surface area contributed by atoms with E-state index in [-0.39, 0.29) is 17.2 Å². The van der Waals surface area contributed by atoms with Crippen LogP contribution in [0.3, 0.4) is 0 Å². The first-order valence-electron chi connectivity index (χ1n) is 6.42. The lowest BCUT2D eigenvalue weighted by atomic mass is 10.1. The predicted octanol–water partition coefficient (Wildman–Crippen LogP) is 2.84. The van der Waals surface area contributed by atoms with Crippen molar-refractivity contribution < 1.29 is 14.3 Å². The molecule has 0 aliphatic carbocycles. The second kappa shape index (κ2) is 6.09. The molecule has 5 nitrogen and oxygen atoms in total. The van der Waals surface area contributed by atoms with Gasteiger partial charge in [0.05, 0.1) is 11.3 Å². The largest absolute Gasteiger partial charge is 0.455 e. The van der Waals surface area contributed by atoms with E-state index in [1.54, 1.807) is 12.1 Å². The van der Waals surface area contributed by atoms with Crippen LogP contribution in [0, 0.1) is 6.92 Å². The minimum absolute atomic E-state index is 0.204. The second-order valence-electron chi connectivity index (χ2n) is 4.64. The number of hydrogen-bond acceptors (Lipinski definition) is 3. The number of primary amides is 1. The molecule has 5 heteroatoms. The SMILES string of the molecule is CC(=O)Nc1c(Oc2ccc(C)cc2)cccc1C(N)=O. The van der Waals surface area contributed by atoms with Crippen molar-refractivity contribution in [3.05, 3.63) is 53.6 Å². The van der Waals surface area contributed by atoms with Crippen LogP contribution in [0.5, 0.6) is 11.5 Å². The summed E-state index contributed by atoms with van der Waals surface area (Å²) in [6.07, 6.45) is 0. The van der Waals surface area contributed by atoms with Crippen LogP contribution in [0.15, 0.2) is 42.5 Å². The lowest BCUT2D eigenvalue weighted by molar-refractivity contribution is -0.114. The highest BCUT2D eigenvalue weighted by Crippen LogP contribution is 2.32. The molecule has 0 unspecified atom stereocenters. The molecule has 2 aromatic rings. The second-order valence-corrected chi connectivity index (χ2v) is 4.64. The van der Waals surface area contributed by atoms with Gasteiger partial charge < -0.3 is 15.8 Å². The first-order valence-corrected chi connectivity index (χ1v) is 6.42. The summed E-state index contributed by atoms with van der Waals surface area (Å²) in [6.45, 7) is 3.33. The topological polar surface area (TPSA) is 81.4 Å². The summed E-state index contributed by atoms with van der Waals surface area (Å²) in [4.78, 5) is 22.8. The van der Waals surface area contributed by atoms with Crippen LogP contribution in [0.4, 0.5) is 5.69 Å². The Bertz CT molecular complexity index is 678. The number of nitrogens with two attached hydrogens (primary N) is 1. The smallest absolute Gasteiger partial charge is 0.250 e. The van der Waals surface area contributed by atoms with Crippen molar-refractivity contribution in [1.82, 2.24) is 0 Å². The number of carbonyl (C=O) groups excluding carboxylic acids is 2. The average molecular weight is 284 g/mol. The summed E-state index contributed by atoms with van der Waals surface area (Å²) in [6, 6.07) is 12.3. The highest BCUT2D eigenvalue weighted by Gasteiger charge is 2.15.